The molecule has 1 aromatic carbocycles. The smallest absolute Gasteiger partial charge is 0.139 e. The van der Waals surface area contributed by atoms with E-state index in [1.54, 1.807) is 23.5 Å². The van der Waals surface area contributed by atoms with Gasteiger partial charge in [-0.05, 0) is 38.5 Å². The molecule has 0 radical (unpaired) electrons. The molecule has 6 heteroatoms. The van der Waals surface area contributed by atoms with Crippen LogP contribution in [-0.4, -0.2) is 27.2 Å². The Kier molecular flexibility index (Phi) is 4.04. The third-order valence-electron chi connectivity index (χ3n) is 3.65. The van der Waals surface area contributed by atoms with Crippen molar-refractivity contribution >= 4 is 27.4 Å². The van der Waals surface area contributed by atoms with E-state index in [0.29, 0.717) is 5.82 Å². The molecule has 0 unspecified atom stereocenters. The van der Waals surface area contributed by atoms with Crippen LogP contribution in [0.5, 0.6) is 0 Å². The van der Waals surface area contributed by atoms with Gasteiger partial charge in [0.1, 0.15) is 22.8 Å². The molecule has 23 heavy (non-hydrogen) atoms. The van der Waals surface area contributed by atoms with Crippen molar-refractivity contribution in [3.8, 4) is 11.1 Å². The summed E-state index contributed by atoms with van der Waals surface area (Å²) in [5.74, 6) is 0.416. The van der Waals surface area contributed by atoms with Gasteiger partial charge in [-0.15, -0.1) is 11.3 Å². The summed E-state index contributed by atoms with van der Waals surface area (Å²) in [4.78, 5) is 10.7. The van der Waals surface area contributed by atoms with Gasteiger partial charge in [0.25, 0.3) is 0 Å². The zero-order valence-electron chi connectivity index (χ0n) is 13.2. The molecule has 2 heterocycles. The summed E-state index contributed by atoms with van der Waals surface area (Å²) in [6, 6.07) is 6.43. The molecule has 0 spiro atoms. The lowest BCUT2D eigenvalue weighted by molar-refractivity contribution is 0.234. The normalized spacial score (nSPS) is 11.9. The number of hydrogen-bond donors (Lipinski definition) is 2. The Bertz CT molecular complexity index is 843. The number of aliphatic hydroxyl groups excluding tert-OH is 1. The van der Waals surface area contributed by atoms with Crippen LogP contribution in [0, 0.1) is 12.7 Å². The molecule has 3 rings (SSSR count). The minimum Gasteiger partial charge on any atom is -0.394 e. The number of aromatic nitrogens is 2. The maximum absolute atomic E-state index is 13.2. The predicted octanol–water partition coefficient (Wildman–Crippen LogP) is 3.99. The van der Waals surface area contributed by atoms with Gasteiger partial charge in [0, 0.05) is 10.4 Å². The van der Waals surface area contributed by atoms with Gasteiger partial charge in [-0.1, -0.05) is 12.1 Å². The maximum atomic E-state index is 13.2. The second-order valence-electron chi connectivity index (χ2n) is 6.11. The Labute approximate surface area is 138 Å². The average Bonchev–Trinajstić information content (AvgIpc) is 2.85. The Hall–Kier alpha value is -2.05. The average molecular weight is 331 g/mol. The standard InChI is InChI=1S/C17H18FN3OS/c1-10-13(11-4-6-12(18)7-5-11)14-15(21-17(2,3)8-22)19-9-20-16(14)23-10/h4-7,9,22H,8H2,1-3H3,(H,19,20,21). The molecular weight excluding hydrogens is 313 g/mol. The topological polar surface area (TPSA) is 58.0 Å². The first-order chi connectivity index (χ1) is 10.9. The van der Waals surface area contributed by atoms with E-state index >= 15 is 0 Å². The second kappa shape index (κ2) is 5.86. The largest absolute Gasteiger partial charge is 0.394 e. The molecule has 0 aliphatic carbocycles. The van der Waals surface area contributed by atoms with Crippen molar-refractivity contribution in [2.45, 2.75) is 26.3 Å². The lowest BCUT2D eigenvalue weighted by Gasteiger charge is -2.24. The zero-order chi connectivity index (χ0) is 16.6. The van der Waals surface area contributed by atoms with E-state index in [1.165, 1.54) is 18.5 Å². The van der Waals surface area contributed by atoms with Crippen molar-refractivity contribution in [2.75, 3.05) is 11.9 Å². The van der Waals surface area contributed by atoms with Gasteiger partial charge in [0.2, 0.25) is 0 Å². The summed E-state index contributed by atoms with van der Waals surface area (Å²) >= 11 is 1.58. The van der Waals surface area contributed by atoms with Crippen molar-refractivity contribution in [1.82, 2.24) is 9.97 Å². The second-order valence-corrected chi connectivity index (χ2v) is 7.31. The number of halogens is 1. The molecule has 0 saturated carbocycles. The first-order valence-electron chi connectivity index (χ1n) is 7.30. The quantitative estimate of drug-likeness (QED) is 0.759. The fraction of sp³-hybridized carbons (Fsp3) is 0.294. The number of thiophene rings is 1. The van der Waals surface area contributed by atoms with E-state index in [-0.39, 0.29) is 12.4 Å². The number of aryl methyl sites for hydroxylation is 1. The van der Waals surface area contributed by atoms with Crippen LogP contribution in [0.2, 0.25) is 0 Å². The van der Waals surface area contributed by atoms with Crippen LogP contribution in [0.15, 0.2) is 30.6 Å². The van der Waals surface area contributed by atoms with Gasteiger partial charge in [-0.3, -0.25) is 0 Å². The summed E-state index contributed by atoms with van der Waals surface area (Å²) in [6.07, 6.45) is 1.52. The molecule has 120 valence electrons. The van der Waals surface area contributed by atoms with Crippen molar-refractivity contribution in [1.29, 1.82) is 0 Å². The summed E-state index contributed by atoms with van der Waals surface area (Å²) in [7, 11) is 0. The highest BCUT2D eigenvalue weighted by atomic mass is 32.1. The molecule has 3 aromatic rings. The van der Waals surface area contributed by atoms with Crippen LogP contribution in [0.4, 0.5) is 10.2 Å². The highest BCUT2D eigenvalue weighted by Gasteiger charge is 2.22. The minimum atomic E-state index is -0.503. The summed E-state index contributed by atoms with van der Waals surface area (Å²) in [6.45, 7) is 5.80. The van der Waals surface area contributed by atoms with Crippen molar-refractivity contribution in [3.05, 3.63) is 41.3 Å². The fourth-order valence-electron chi connectivity index (χ4n) is 2.46. The highest BCUT2D eigenvalue weighted by molar-refractivity contribution is 7.19. The minimum absolute atomic E-state index is 0.0203. The van der Waals surface area contributed by atoms with E-state index in [9.17, 15) is 9.50 Å². The molecule has 0 amide bonds. The molecule has 4 nitrogen and oxygen atoms in total. The molecule has 0 atom stereocenters. The van der Waals surface area contributed by atoms with E-state index in [2.05, 4.69) is 15.3 Å². The summed E-state index contributed by atoms with van der Waals surface area (Å²) in [5, 5.41) is 13.7. The van der Waals surface area contributed by atoms with Crippen molar-refractivity contribution in [2.24, 2.45) is 0 Å². The van der Waals surface area contributed by atoms with Crippen molar-refractivity contribution < 1.29 is 9.50 Å². The number of nitrogens with one attached hydrogen (secondary N) is 1. The van der Waals surface area contributed by atoms with Gasteiger partial charge < -0.3 is 10.4 Å². The Morgan fingerprint density at radius 1 is 1.22 bits per heavy atom. The number of benzene rings is 1. The van der Waals surface area contributed by atoms with Crippen LogP contribution in [0.25, 0.3) is 21.3 Å². The fourth-order valence-corrected chi connectivity index (χ4v) is 3.48. The van der Waals surface area contributed by atoms with Gasteiger partial charge >= 0.3 is 0 Å². The van der Waals surface area contributed by atoms with Crippen LogP contribution >= 0.6 is 11.3 Å². The zero-order valence-corrected chi connectivity index (χ0v) is 14.0. The van der Waals surface area contributed by atoms with E-state index in [0.717, 1.165) is 26.2 Å². The van der Waals surface area contributed by atoms with Gasteiger partial charge in [-0.25, -0.2) is 14.4 Å². The SMILES string of the molecule is Cc1sc2ncnc(NC(C)(C)CO)c2c1-c1ccc(F)cc1. The Morgan fingerprint density at radius 2 is 1.91 bits per heavy atom. The van der Waals surface area contributed by atoms with Gasteiger partial charge in [0.15, 0.2) is 0 Å². The molecule has 2 aromatic heterocycles. The van der Waals surface area contributed by atoms with E-state index in [1.807, 2.05) is 20.8 Å². The molecule has 0 bridgehead atoms. The highest BCUT2D eigenvalue weighted by Crippen LogP contribution is 2.40. The Balaban J connectivity index is 2.21. The van der Waals surface area contributed by atoms with Crippen LogP contribution in [-0.2, 0) is 0 Å². The van der Waals surface area contributed by atoms with E-state index in [4.69, 9.17) is 0 Å². The predicted molar refractivity (Wildman–Crippen MR) is 92.3 cm³/mol. The molecule has 0 saturated heterocycles. The number of hydrogen-bond acceptors (Lipinski definition) is 5. The number of anilines is 1. The van der Waals surface area contributed by atoms with E-state index < -0.39 is 5.54 Å². The third kappa shape index (κ3) is 3.04. The number of fused-ring (bicyclic) bond motifs is 1. The number of aliphatic hydroxyl groups is 1. The Morgan fingerprint density at radius 3 is 2.57 bits per heavy atom. The third-order valence-corrected chi connectivity index (χ3v) is 4.66. The number of nitrogens with zero attached hydrogens (tertiary/aromatic N) is 2. The monoisotopic (exact) mass is 331 g/mol. The molecule has 2 N–H and O–H groups in total. The summed E-state index contributed by atoms with van der Waals surface area (Å²) in [5.41, 5.74) is 1.42. The maximum Gasteiger partial charge on any atom is 0.139 e. The van der Waals surface area contributed by atoms with Crippen molar-refractivity contribution in [3.63, 3.8) is 0 Å². The summed E-state index contributed by atoms with van der Waals surface area (Å²) < 4.78 is 13.2. The van der Waals surface area contributed by atoms with Gasteiger partial charge in [0.05, 0.1) is 17.5 Å². The van der Waals surface area contributed by atoms with Crippen LogP contribution in [0.3, 0.4) is 0 Å². The molecular formula is C17H18FN3OS. The molecule has 0 aliphatic rings. The number of rotatable bonds is 4. The van der Waals surface area contributed by atoms with Crippen LogP contribution in [0.1, 0.15) is 18.7 Å². The molecule has 0 aliphatic heterocycles. The first kappa shape index (κ1) is 15.8. The van der Waals surface area contributed by atoms with Crippen LogP contribution < -0.4 is 5.32 Å². The first-order valence-corrected chi connectivity index (χ1v) is 8.12. The lowest BCUT2D eigenvalue weighted by Crippen LogP contribution is -2.35. The molecule has 0 fully saturated rings. The van der Waals surface area contributed by atoms with Gasteiger partial charge in [-0.2, -0.15) is 0 Å². The lowest BCUT2D eigenvalue weighted by atomic mass is 10.0.